The van der Waals surface area contributed by atoms with Crippen molar-refractivity contribution >= 4 is 23.5 Å². The Morgan fingerprint density at radius 3 is 1.88 bits per heavy atom. The normalized spacial score (nSPS) is 12.0. The van der Waals surface area contributed by atoms with Crippen molar-refractivity contribution in [2.24, 2.45) is 22.6 Å². The van der Waals surface area contributed by atoms with Crippen molar-refractivity contribution in [1.29, 1.82) is 0 Å². The predicted octanol–water partition coefficient (Wildman–Crippen LogP) is 14.6. The molecule has 1 amide bonds. The first-order valence-corrected chi connectivity index (χ1v) is 20.1. The zero-order chi connectivity index (χ0) is 39.2. The molecule has 51 heavy (non-hydrogen) atoms. The van der Waals surface area contributed by atoms with Gasteiger partial charge in [-0.05, 0) is 85.0 Å². The first-order valence-electron chi connectivity index (χ1n) is 20.1. The molecule has 1 heterocycles. The first-order chi connectivity index (χ1) is 24.6. The summed E-state index contributed by atoms with van der Waals surface area (Å²) in [6, 6.07) is 18.8. The van der Waals surface area contributed by atoms with Gasteiger partial charge in [0.05, 0.1) is 16.9 Å². The molecule has 4 heteroatoms. The van der Waals surface area contributed by atoms with E-state index in [4.69, 9.17) is 5.73 Å². The number of nitrogens with zero attached hydrogens (tertiary/aromatic N) is 1. The van der Waals surface area contributed by atoms with Gasteiger partial charge in [-0.25, -0.2) is 0 Å². The van der Waals surface area contributed by atoms with Crippen LogP contribution in [-0.4, -0.2) is 12.1 Å². The van der Waals surface area contributed by atoms with E-state index < -0.39 is 5.91 Å². The van der Waals surface area contributed by atoms with Crippen molar-refractivity contribution < 1.29 is 4.79 Å². The van der Waals surface area contributed by atoms with Crippen LogP contribution in [0.2, 0.25) is 0 Å². The van der Waals surface area contributed by atoms with Gasteiger partial charge in [-0.3, -0.25) is 9.79 Å². The molecule has 1 atom stereocenters. The fourth-order valence-corrected chi connectivity index (χ4v) is 5.24. The lowest BCUT2D eigenvalue weighted by atomic mass is 9.88. The molecule has 0 saturated carbocycles. The maximum atomic E-state index is 12.0. The monoisotopic (exact) mass is 700 g/mol. The summed E-state index contributed by atoms with van der Waals surface area (Å²) in [6.45, 7) is 31.2. The number of hydrogen-bond acceptors (Lipinski definition) is 3. The van der Waals surface area contributed by atoms with E-state index >= 15 is 0 Å². The summed E-state index contributed by atoms with van der Waals surface area (Å²) in [5.41, 5.74) is 14.7. The van der Waals surface area contributed by atoms with Gasteiger partial charge < -0.3 is 11.1 Å². The van der Waals surface area contributed by atoms with Crippen molar-refractivity contribution in [1.82, 2.24) is 0 Å². The third-order valence-electron chi connectivity index (χ3n) is 8.52. The van der Waals surface area contributed by atoms with Crippen molar-refractivity contribution in [2.45, 2.75) is 154 Å². The number of carbonyl (C=O) groups is 1. The van der Waals surface area contributed by atoms with Gasteiger partial charge in [0.15, 0.2) is 0 Å². The average Bonchev–Trinajstić information content (AvgIpc) is 3.15. The Hall–Kier alpha value is -3.66. The number of anilines is 1. The Balaban J connectivity index is 0. The highest BCUT2D eigenvalue weighted by Gasteiger charge is 2.20. The Morgan fingerprint density at radius 1 is 0.902 bits per heavy atom. The van der Waals surface area contributed by atoms with Gasteiger partial charge >= 0.3 is 0 Å². The highest BCUT2D eigenvalue weighted by Crippen LogP contribution is 2.38. The number of rotatable bonds is 12. The maximum Gasteiger partial charge on any atom is 0.251 e. The van der Waals surface area contributed by atoms with Crippen LogP contribution in [0.1, 0.15) is 160 Å². The number of nitrogens with two attached hydrogens (primary N) is 1. The molecule has 1 aliphatic rings. The smallest absolute Gasteiger partial charge is 0.251 e. The lowest BCUT2D eigenvalue weighted by Crippen LogP contribution is -2.17. The fraction of sp³-hybridized carbons (Fsp3) is 0.532. The topological polar surface area (TPSA) is 67.5 Å². The van der Waals surface area contributed by atoms with Gasteiger partial charge in [0.2, 0.25) is 0 Å². The highest BCUT2D eigenvalue weighted by molar-refractivity contribution is 6.02. The Kier molecular flexibility index (Phi) is 30.2. The lowest BCUT2D eigenvalue weighted by Gasteiger charge is -2.21. The minimum atomic E-state index is -0.432. The quantitative estimate of drug-likeness (QED) is 0.185. The second-order valence-corrected chi connectivity index (χ2v) is 12.9. The molecule has 3 aromatic carbocycles. The fourth-order valence-electron chi connectivity index (χ4n) is 5.24. The summed E-state index contributed by atoms with van der Waals surface area (Å²) >= 11 is 0. The molecule has 1 unspecified atom stereocenters. The third kappa shape index (κ3) is 19.5. The van der Waals surface area contributed by atoms with Crippen molar-refractivity contribution in [2.75, 3.05) is 5.32 Å². The van der Waals surface area contributed by atoms with E-state index in [0.717, 1.165) is 58.8 Å². The zero-order valence-electron chi connectivity index (χ0n) is 35.2. The maximum absolute atomic E-state index is 12.0. The molecule has 4 rings (SSSR count). The molecular weight excluding hydrogens is 623 g/mol. The molecule has 0 fully saturated rings. The molecule has 3 N–H and O–H groups in total. The second-order valence-electron chi connectivity index (χ2n) is 12.9. The molecule has 0 bridgehead atoms. The molecular formula is C47H77N3O. The van der Waals surface area contributed by atoms with Crippen LogP contribution >= 0.6 is 0 Å². The van der Waals surface area contributed by atoms with Crippen LogP contribution in [0.5, 0.6) is 0 Å². The van der Waals surface area contributed by atoms with Crippen LogP contribution in [0.4, 0.5) is 11.4 Å². The van der Waals surface area contributed by atoms with Crippen LogP contribution < -0.4 is 11.1 Å². The van der Waals surface area contributed by atoms with Gasteiger partial charge in [-0.1, -0.05) is 182 Å². The Labute approximate surface area is 315 Å². The zero-order valence-corrected chi connectivity index (χ0v) is 35.2. The summed E-state index contributed by atoms with van der Waals surface area (Å²) in [5, 5.41) is 3.14. The van der Waals surface area contributed by atoms with Gasteiger partial charge in [0.1, 0.15) is 0 Å². The molecule has 0 aliphatic carbocycles. The number of hydrogen-bond donors (Lipinski definition) is 2. The molecule has 0 aromatic heterocycles. The van der Waals surface area contributed by atoms with Gasteiger partial charge in [-0.15, -0.1) is 0 Å². The summed E-state index contributed by atoms with van der Waals surface area (Å²) in [4.78, 5) is 16.7. The van der Waals surface area contributed by atoms with Crippen molar-refractivity contribution in [3.05, 3.63) is 95.2 Å². The number of fused-ring (bicyclic) bond motifs is 1. The number of primary amides is 1. The molecule has 1 aliphatic heterocycles. The minimum Gasteiger partial charge on any atom is -0.366 e. The largest absolute Gasteiger partial charge is 0.366 e. The van der Waals surface area contributed by atoms with E-state index in [-0.39, 0.29) is 0 Å². The number of unbranched alkanes of at least 4 members (excludes halogenated alkanes) is 5. The van der Waals surface area contributed by atoms with E-state index in [0.29, 0.717) is 11.5 Å². The van der Waals surface area contributed by atoms with Crippen LogP contribution in [0, 0.1) is 25.7 Å². The summed E-state index contributed by atoms with van der Waals surface area (Å²) < 4.78 is 0. The second kappa shape index (κ2) is 31.1. The standard InChI is InChI=1S/C23H27N3O.C8H18.C7H8.C5H12.2C2H6/c1-5-15-11-17-9-8-16(12-20(17)26-13-15)19-10-14(4)21(23(24)27)22(25-7-3)18(19)6-2;1-3-5-7-8-6-4-2;1-7-5-3-2-4-6-7;1-4-5(2)3;2*1-2/h7-10,12-13,15,25H,3,5-6,11H2,1-2,4H3,(H2,24,27);3-8H2,1-2H3;2-6H,1H3;5H,4H2,1-3H3;2*1-2H3. The van der Waals surface area contributed by atoms with E-state index in [2.05, 4.69) is 115 Å². The molecule has 4 nitrogen and oxygen atoms in total. The molecule has 3 aromatic rings. The van der Waals surface area contributed by atoms with E-state index in [9.17, 15) is 4.79 Å². The number of nitrogens with one attached hydrogen (secondary N) is 1. The van der Waals surface area contributed by atoms with Gasteiger partial charge in [0.25, 0.3) is 5.91 Å². The number of amides is 1. The number of aryl methyl sites for hydroxylation is 2. The van der Waals surface area contributed by atoms with Crippen LogP contribution in [0.15, 0.2) is 72.4 Å². The summed E-state index contributed by atoms with van der Waals surface area (Å²) in [5.74, 6) is 0.976. The van der Waals surface area contributed by atoms with Gasteiger partial charge in [-0.2, -0.15) is 0 Å². The van der Waals surface area contributed by atoms with Crippen molar-refractivity contribution in [3.8, 4) is 11.1 Å². The van der Waals surface area contributed by atoms with Gasteiger partial charge in [0, 0.05) is 6.21 Å². The predicted molar refractivity (Wildman–Crippen MR) is 232 cm³/mol. The first kappa shape index (κ1) is 49.5. The van der Waals surface area contributed by atoms with Crippen LogP contribution in [-0.2, 0) is 12.8 Å². The minimum absolute atomic E-state index is 0.432. The Morgan fingerprint density at radius 2 is 1.47 bits per heavy atom. The lowest BCUT2D eigenvalue weighted by molar-refractivity contribution is 0.100. The number of aliphatic imine (C=N–C) groups is 1. The molecule has 0 spiro atoms. The Bertz CT molecular complexity index is 1350. The van der Waals surface area contributed by atoms with E-state index in [1.807, 2.05) is 52.8 Å². The van der Waals surface area contributed by atoms with E-state index in [1.54, 1.807) is 6.20 Å². The van der Waals surface area contributed by atoms with Crippen LogP contribution in [0.3, 0.4) is 0 Å². The summed E-state index contributed by atoms with van der Waals surface area (Å²) in [7, 11) is 0. The summed E-state index contributed by atoms with van der Waals surface area (Å²) in [6.07, 6.45) is 16.4. The van der Waals surface area contributed by atoms with Crippen LogP contribution in [0.25, 0.3) is 11.1 Å². The molecule has 286 valence electrons. The third-order valence-corrected chi connectivity index (χ3v) is 8.52. The number of benzene rings is 3. The highest BCUT2D eigenvalue weighted by atomic mass is 16.1. The van der Waals surface area contributed by atoms with Crippen molar-refractivity contribution in [3.63, 3.8) is 0 Å². The van der Waals surface area contributed by atoms with E-state index in [1.165, 1.54) is 56.1 Å². The SMILES string of the molecule is C=CNc1c(CC)c(-c2ccc3c(c2)N=CC(CC)C3)cc(C)c1C(N)=O.CC.CC.CCC(C)C.CCCCCCCC.Cc1ccccc1. The average molecular weight is 700 g/mol. The number of carbonyl (C=O) groups excluding carboxylic acids is 1. The molecule has 0 radical (unpaired) electrons. The molecule has 0 saturated heterocycles.